The van der Waals surface area contributed by atoms with Gasteiger partial charge in [0.2, 0.25) is 5.76 Å². The van der Waals surface area contributed by atoms with E-state index in [1.807, 2.05) is 167 Å². The van der Waals surface area contributed by atoms with E-state index >= 15 is 0 Å². The third kappa shape index (κ3) is 22.6. The highest BCUT2D eigenvalue weighted by atomic mass is 79.9. The molecule has 4 heterocycles. The van der Waals surface area contributed by atoms with Gasteiger partial charge in [-0.1, -0.05) is 154 Å². The lowest BCUT2D eigenvalue weighted by atomic mass is 10.2. The molecule has 8 aromatic rings. The minimum atomic E-state index is -3.66. The zero-order chi connectivity index (χ0) is 58.0. The molecule has 1 N–H and O–H groups in total. The van der Waals surface area contributed by atoms with Crippen molar-refractivity contribution in [2.75, 3.05) is 41.0 Å². The Morgan fingerprint density at radius 2 is 0.963 bits per heavy atom. The SMILES string of the molecule is C.C.C=C[C@@H](O)c1onc(OCc2ccccc2)c1Br.C=C[C@@H](c1onc(OCc2ccccc2)c1Br)N(C)C.CC=C(OS(C)(=O)=O)c1onc(OCc2ccccc2)c1Br.CN(C)C/C=C/c1onc(OCc2ccccc2)c1Br. The Balaban J connectivity index is 0.000000285. The smallest absolute Gasteiger partial charge is 0.306 e. The summed E-state index contributed by atoms with van der Waals surface area (Å²) in [5.74, 6) is 3.28. The van der Waals surface area contributed by atoms with E-state index in [1.165, 1.54) is 12.2 Å². The molecule has 0 radical (unpaired) electrons. The zero-order valence-corrected chi connectivity index (χ0v) is 51.7. The number of nitrogens with zero attached hydrogens (tertiary/aromatic N) is 6. The molecule has 0 fully saturated rings. The molecule has 0 bridgehead atoms. The highest BCUT2D eigenvalue weighted by Gasteiger charge is 2.25. The van der Waals surface area contributed by atoms with Crippen molar-refractivity contribution in [3.8, 4) is 23.5 Å². The normalized spacial score (nSPS) is 11.7. The second kappa shape index (κ2) is 36.1. The number of ether oxygens (including phenoxy) is 4. The Morgan fingerprint density at radius 1 is 0.585 bits per heavy atom. The van der Waals surface area contributed by atoms with Crippen LogP contribution in [0.3, 0.4) is 0 Å². The van der Waals surface area contributed by atoms with Gasteiger partial charge >= 0.3 is 10.1 Å². The third-order valence-corrected chi connectivity index (χ3v) is 13.8. The second-order valence-electron chi connectivity index (χ2n) is 17.2. The minimum Gasteiger partial charge on any atom is -0.470 e. The van der Waals surface area contributed by atoms with Crippen LogP contribution in [0.2, 0.25) is 0 Å². The summed E-state index contributed by atoms with van der Waals surface area (Å²) in [6.45, 7) is 11.4. The lowest BCUT2D eigenvalue weighted by Gasteiger charge is -2.17. The molecule has 0 aliphatic heterocycles. The van der Waals surface area contributed by atoms with Gasteiger partial charge in [-0.3, -0.25) is 4.90 Å². The monoisotopic (exact) mass is 1400 g/mol. The second-order valence-corrected chi connectivity index (χ2v) is 21.9. The van der Waals surface area contributed by atoms with Crippen molar-refractivity contribution in [1.82, 2.24) is 30.4 Å². The Kier molecular flexibility index (Phi) is 30.7. The standard InChI is InChI=1S/2C15H17BrN2O2.C14H14BrNO5S.C13H12BrNO3.2CH4/c1-18(2)10-6-9-13-14(16)15(17-20-13)19-11-12-7-4-3-5-8-12;1-4-12(18(2)3)14-13(16)15(17-20-14)19-10-11-8-6-5-7-9-11;1-3-11(21-22(2,17)18)13-12(15)14(16-20-13)19-9-10-7-5-4-6-8-10;1-2-10(16)12-11(14)13(15-18-12)17-8-9-6-4-3-5-7-9;;/h3-9H,10-11H2,1-2H3;4-9,12H,1,10H2,2-3H3;3-8H,9H2,1-2H3;2-7,10,16H,1,8H2;2*1H4/b9-6+;;;;;/t;12-;;10-;;/m.0.1../s1. The van der Waals surface area contributed by atoms with E-state index in [2.05, 4.69) is 102 Å². The van der Waals surface area contributed by atoms with Crippen molar-refractivity contribution in [3.63, 3.8) is 0 Å². The van der Waals surface area contributed by atoms with Gasteiger partial charge in [-0.2, -0.15) is 8.42 Å². The number of rotatable bonds is 23. The number of aromatic nitrogens is 4. The fourth-order valence-electron chi connectivity index (χ4n) is 6.39. The predicted octanol–water partition coefficient (Wildman–Crippen LogP) is 15.3. The molecule has 4 aromatic carbocycles. The summed E-state index contributed by atoms with van der Waals surface area (Å²) in [5.41, 5.74) is 4.17. The van der Waals surface area contributed by atoms with Crippen LogP contribution in [0.15, 0.2) is 195 Å². The highest BCUT2D eigenvalue weighted by Crippen LogP contribution is 2.37. The average Bonchev–Trinajstić information content (AvgIpc) is 4.34. The van der Waals surface area contributed by atoms with E-state index < -0.39 is 16.2 Å². The largest absolute Gasteiger partial charge is 0.470 e. The van der Waals surface area contributed by atoms with Crippen LogP contribution in [0, 0.1) is 0 Å². The fraction of sp³-hybridized carbons (Fsp3) is 0.254. The van der Waals surface area contributed by atoms with Gasteiger partial charge in [0, 0.05) is 6.54 Å². The van der Waals surface area contributed by atoms with Crippen LogP contribution in [0.1, 0.15) is 79.2 Å². The molecule has 2 atom stereocenters. The van der Waals surface area contributed by atoms with E-state index in [4.69, 9.17) is 41.2 Å². The first-order valence-electron chi connectivity index (χ1n) is 24.2. The minimum absolute atomic E-state index is 0. The quantitative estimate of drug-likeness (QED) is 0.0358. The van der Waals surface area contributed by atoms with E-state index in [0.29, 0.717) is 64.5 Å². The lowest BCUT2D eigenvalue weighted by Crippen LogP contribution is -2.17. The molecule has 23 heteroatoms. The van der Waals surface area contributed by atoms with E-state index in [-0.39, 0.29) is 44.1 Å². The van der Waals surface area contributed by atoms with Crippen LogP contribution in [-0.2, 0) is 40.7 Å². The van der Waals surface area contributed by atoms with Crippen molar-refractivity contribution >= 4 is 85.7 Å². The highest BCUT2D eigenvalue weighted by molar-refractivity contribution is 9.11. The summed E-state index contributed by atoms with van der Waals surface area (Å²) in [6, 6.07) is 39.1. The molecule has 0 aliphatic carbocycles. The van der Waals surface area contributed by atoms with E-state index in [9.17, 15) is 13.5 Å². The molecule has 0 saturated carbocycles. The van der Waals surface area contributed by atoms with Crippen molar-refractivity contribution in [1.29, 1.82) is 0 Å². The molecular weight excluding hydrogens is 1340 g/mol. The maximum absolute atomic E-state index is 11.2. The number of likely N-dealkylation sites (N-methyl/N-ethyl adjacent to an activating group) is 2. The Morgan fingerprint density at radius 3 is 1.34 bits per heavy atom. The average molecular weight is 1400 g/mol. The zero-order valence-electron chi connectivity index (χ0n) is 44.6. The molecule has 0 spiro atoms. The fourth-order valence-corrected chi connectivity index (χ4v) is 8.72. The maximum Gasteiger partial charge on any atom is 0.306 e. The molecule has 8 rings (SSSR count). The van der Waals surface area contributed by atoms with Crippen molar-refractivity contribution in [2.24, 2.45) is 0 Å². The van der Waals surface area contributed by atoms with Crippen LogP contribution in [0.25, 0.3) is 11.8 Å². The molecule has 0 saturated heterocycles. The molecule has 0 amide bonds. The first kappa shape index (κ1) is 69.7. The number of hydrogen-bond acceptors (Lipinski definition) is 18. The number of aliphatic hydroxyl groups is 1. The van der Waals surface area contributed by atoms with Crippen LogP contribution in [0.4, 0.5) is 0 Å². The number of hydrogen-bond donors (Lipinski definition) is 1. The van der Waals surface area contributed by atoms with Crippen LogP contribution in [0.5, 0.6) is 23.5 Å². The molecule has 440 valence electrons. The Labute approximate surface area is 514 Å². The molecule has 0 unspecified atom stereocenters. The first-order valence-corrected chi connectivity index (χ1v) is 29.2. The Bertz CT molecular complexity index is 3300. The van der Waals surface area contributed by atoms with Crippen LogP contribution < -0.4 is 18.9 Å². The number of benzene rings is 4. The van der Waals surface area contributed by atoms with Gasteiger partial charge < -0.3 is 51.2 Å². The first-order chi connectivity index (χ1) is 38.4. The summed E-state index contributed by atoms with van der Waals surface area (Å²) in [5, 5.41) is 25.0. The van der Waals surface area contributed by atoms with Gasteiger partial charge in [0.25, 0.3) is 23.5 Å². The predicted molar refractivity (Wildman–Crippen MR) is 332 cm³/mol. The number of allylic oxidation sites excluding steroid dienone is 1. The number of halogens is 4. The summed E-state index contributed by atoms with van der Waals surface area (Å²) < 4.78 is 72.7. The van der Waals surface area contributed by atoms with Gasteiger partial charge in [-0.15, -0.1) is 13.2 Å². The third-order valence-electron chi connectivity index (χ3n) is 10.4. The molecule has 82 heavy (non-hydrogen) atoms. The topological polar surface area (TPSA) is 211 Å². The van der Waals surface area contributed by atoms with Gasteiger partial charge in [-0.05, 0) is 154 Å². The van der Waals surface area contributed by atoms with E-state index in [1.54, 1.807) is 13.0 Å². The van der Waals surface area contributed by atoms with Gasteiger partial charge in [0.1, 0.15) is 50.4 Å². The summed E-state index contributed by atoms with van der Waals surface area (Å²) in [7, 11) is 4.25. The lowest BCUT2D eigenvalue weighted by molar-refractivity contribution is 0.180. The Hall–Kier alpha value is -6.57. The van der Waals surface area contributed by atoms with Crippen molar-refractivity contribution in [3.05, 3.63) is 222 Å². The maximum atomic E-state index is 11.2. The van der Waals surface area contributed by atoms with E-state index in [0.717, 1.165) is 44.0 Å². The molecule has 0 aliphatic rings. The van der Waals surface area contributed by atoms with Crippen molar-refractivity contribution < 1.29 is 54.7 Å². The molecule has 18 nitrogen and oxygen atoms in total. The van der Waals surface area contributed by atoms with Gasteiger partial charge in [0.05, 0.1) is 12.3 Å². The summed E-state index contributed by atoms with van der Waals surface area (Å²) in [6.07, 6.45) is 8.55. The van der Waals surface area contributed by atoms with Gasteiger partial charge in [0.15, 0.2) is 23.0 Å². The van der Waals surface area contributed by atoms with Crippen LogP contribution >= 0.6 is 63.7 Å². The molecular formula is C59H68Br4N6O12S. The summed E-state index contributed by atoms with van der Waals surface area (Å²) >= 11 is 13.5. The number of aliphatic hydroxyl groups excluding tert-OH is 1. The van der Waals surface area contributed by atoms with Crippen LogP contribution in [-0.4, -0.2) is 84.9 Å². The van der Waals surface area contributed by atoms with Gasteiger partial charge in [-0.25, -0.2) is 0 Å². The van der Waals surface area contributed by atoms with Crippen molar-refractivity contribution in [2.45, 2.75) is 60.4 Å². The summed E-state index contributed by atoms with van der Waals surface area (Å²) in [4.78, 5) is 4.05. The molecule has 4 aromatic heterocycles.